The second-order valence-corrected chi connectivity index (χ2v) is 11.2. The molecule has 1 saturated carbocycles. The highest BCUT2D eigenvalue weighted by molar-refractivity contribution is 5.79. The van der Waals surface area contributed by atoms with E-state index >= 15 is 0 Å². The van der Waals surface area contributed by atoms with E-state index in [2.05, 4.69) is 46.8 Å². The van der Waals surface area contributed by atoms with Crippen LogP contribution in [0.1, 0.15) is 92.4 Å². The van der Waals surface area contributed by atoms with Gasteiger partial charge in [-0.05, 0) is 67.3 Å². The van der Waals surface area contributed by atoms with E-state index in [1.165, 1.54) is 44.1 Å². The maximum atomic E-state index is 12.9. The lowest BCUT2D eigenvalue weighted by molar-refractivity contribution is -0.152. The van der Waals surface area contributed by atoms with Crippen LogP contribution < -0.4 is 0 Å². The third-order valence-electron chi connectivity index (χ3n) is 9.06. The Morgan fingerprint density at radius 1 is 1.14 bits per heavy atom. The topological polar surface area (TPSA) is 26.3 Å². The largest absolute Gasteiger partial charge is 0.430 e. The summed E-state index contributed by atoms with van der Waals surface area (Å²) in [6.07, 6.45) is 15.5. The van der Waals surface area contributed by atoms with E-state index in [0.717, 1.165) is 42.8 Å². The molecule has 0 bridgehead atoms. The molecule has 156 valence electrons. The number of fused-ring (bicyclic) bond motifs is 4. The smallest absolute Gasteiger partial charge is 0.318 e. The molecule has 0 unspecified atom stereocenters. The molecule has 1 fully saturated rings. The summed E-state index contributed by atoms with van der Waals surface area (Å²) >= 11 is 0. The zero-order valence-electron chi connectivity index (χ0n) is 18.7. The lowest BCUT2D eigenvalue weighted by Gasteiger charge is -2.51. The average molecular weight is 385 g/mol. The molecule has 3 aliphatic carbocycles. The molecule has 6 atom stereocenters. The average Bonchev–Trinajstić information content (AvgIpc) is 2.99. The van der Waals surface area contributed by atoms with Crippen molar-refractivity contribution in [2.45, 2.75) is 92.4 Å². The lowest BCUT2D eigenvalue weighted by Crippen LogP contribution is -2.47. The molecule has 0 aromatic heterocycles. The van der Waals surface area contributed by atoms with Crippen LogP contribution in [0, 0.1) is 40.4 Å². The molecule has 0 amide bonds. The van der Waals surface area contributed by atoms with Crippen LogP contribution in [0.25, 0.3) is 0 Å². The molecule has 28 heavy (non-hydrogen) atoms. The highest BCUT2D eigenvalue weighted by atomic mass is 16.5. The lowest BCUT2D eigenvalue weighted by atomic mass is 9.56. The summed E-state index contributed by atoms with van der Waals surface area (Å²) in [4.78, 5) is 12.9. The highest BCUT2D eigenvalue weighted by Gasteiger charge is 2.58. The minimum Gasteiger partial charge on any atom is -0.430 e. The molecule has 1 heterocycles. The van der Waals surface area contributed by atoms with Crippen LogP contribution in [0.2, 0.25) is 0 Å². The van der Waals surface area contributed by atoms with Gasteiger partial charge in [-0.15, -0.1) is 0 Å². The van der Waals surface area contributed by atoms with E-state index in [-0.39, 0.29) is 17.3 Å². The molecule has 0 saturated heterocycles. The minimum absolute atomic E-state index is 0.00170. The Hall–Kier alpha value is -1.05. The number of rotatable bonds is 5. The molecule has 0 radical (unpaired) electrons. The maximum Gasteiger partial charge on any atom is 0.318 e. The van der Waals surface area contributed by atoms with Gasteiger partial charge in [-0.25, -0.2) is 0 Å². The zero-order chi connectivity index (χ0) is 20.1. The van der Waals surface area contributed by atoms with E-state index in [4.69, 9.17) is 4.74 Å². The summed E-state index contributed by atoms with van der Waals surface area (Å²) in [5, 5.41) is 0. The number of allylic oxidation sites excluding steroid dienone is 3. The number of hydrogen-bond acceptors (Lipinski definition) is 2. The third-order valence-corrected chi connectivity index (χ3v) is 9.06. The Bertz CT molecular complexity index is 687. The molecule has 0 aromatic carbocycles. The fraction of sp³-hybridized carbons (Fsp3) is 0.808. The van der Waals surface area contributed by atoms with Crippen molar-refractivity contribution in [2.24, 2.45) is 40.4 Å². The van der Waals surface area contributed by atoms with E-state index in [1.807, 2.05) is 0 Å². The van der Waals surface area contributed by atoms with Crippen molar-refractivity contribution in [1.29, 1.82) is 0 Å². The fourth-order valence-electron chi connectivity index (χ4n) is 7.30. The fourth-order valence-corrected chi connectivity index (χ4v) is 7.30. The van der Waals surface area contributed by atoms with Crippen molar-refractivity contribution in [3.63, 3.8) is 0 Å². The number of carbonyl (C=O) groups is 1. The molecule has 0 aromatic rings. The van der Waals surface area contributed by atoms with E-state index in [0.29, 0.717) is 11.3 Å². The van der Waals surface area contributed by atoms with Gasteiger partial charge in [0.25, 0.3) is 0 Å². The van der Waals surface area contributed by atoms with Crippen LogP contribution in [0.15, 0.2) is 23.5 Å². The van der Waals surface area contributed by atoms with Gasteiger partial charge in [0.1, 0.15) is 5.76 Å². The number of carbonyl (C=O) groups excluding carboxylic acids is 1. The van der Waals surface area contributed by atoms with Crippen molar-refractivity contribution in [3.05, 3.63) is 23.5 Å². The van der Waals surface area contributed by atoms with E-state index in [9.17, 15) is 4.79 Å². The number of hydrogen-bond donors (Lipinski definition) is 0. The first kappa shape index (κ1) is 20.2. The summed E-state index contributed by atoms with van der Waals surface area (Å²) in [6, 6.07) is 0. The first-order valence-corrected chi connectivity index (χ1v) is 11.9. The highest BCUT2D eigenvalue weighted by Crippen LogP contribution is 2.64. The molecule has 0 N–H and O–H groups in total. The monoisotopic (exact) mass is 384 g/mol. The summed E-state index contributed by atoms with van der Waals surface area (Å²) in [5.41, 5.74) is 1.81. The maximum absolute atomic E-state index is 12.9. The number of esters is 1. The van der Waals surface area contributed by atoms with Gasteiger partial charge in [0.05, 0.1) is 5.92 Å². The van der Waals surface area contributed by atoms with Gasteiger partial charge in [-0.1, -0.05) is 66.0 Å². The normalized spacial score (nSPS) is 40.8. The van der Waals surface area contributed by atoms with Crippen molar-refractivity contribution >= 4 is 5.97 Å². The standard InChI is InChI=1S/C26H40O2/c1-17(2)9-8-10-18(3)19-12-13-20-23-21(14-16-26(19,20)5)25(4)15-7-6-11-22(25)24(27)28-23/h6,11,17-20,22H,7-10,12-16H2,1-5H3/t18-,19-,20+,22-,25-,26-/m1/s1. The van der Waals surface area contributed by atoms with Gasteiger partial charge in [0.15, 0.2) is 0 Å². The Balaban J connectivity index is 1.58. The van der Waals surface area contributed by atoms with Crippen molar-refractivity contribution < 1.29 is 9.53 Å². The summed E-state index contributed by atoms with van der Waals surface area (Å²) in [6.45, 7) is 12.0. The van der Waals surface area contributed by atoms with Crippen LogP contribution in [0.3, 0.4) is 0 Å². The molecule has 1 aliphatic heterocycles. The van der Waals surface area contributed by atoms with Gasteiger partial charge in [0.2, 0.25) is 0 Å². The van der Waals surface area contributed by atoms with Crippen molar-refractivity contribution in [3.8, 4) is 0 Å². The second kappa shape index (κ2) is 7.33. The second-order valence-electron chi connectivity index (χ2n) is 11.2. The Labute approximate surface area is 172 Å². The molecule has 4 aliphatic rings. The van der Waals surface area contributed by atoms with E-state index < -0.39 is 0 Å². The first-order valence-electron chi connectivity index (χ1n) is 11.9. The summed E-state index contributed by atoms with van der Waals surface area (Å²) in [5.74, 6) is 3.88. The molecule has 0 spiro atoms. The van der Waals surface area contributed by atoms with Gasteiger partial charge in [-0.2, -0.15) is 0 Å². The quantitative estimate of drug-likeness (QED) is 0.375. The SMILES string of the molecule is CC(C)CCC[C@@H](C)[C@H]1CC[C@H]2C3=C(CC[C@]12C)[C@@]1(C)CCC=C[C@@H]1C(=O)O3. The van der Waals surface area contributed by atoms with Crippen LogP contribution in [-0.4, -0.2) is 5.97 Å². The third kappa shape index (κ3) is 3.10. The van der Waals surface area contributed by atoms with Crippen molar-refractivity contribution in [1.82, 2.24) is 0 Å². The molecular formula is C26H40O2. The summed E-state index contributed by atoms with van der Waals surface area (Å²) in [7, 11) is 0. The van der Waals surface area contributed by atoms with Crippen molar-refractivity contribution in [2.75, 3.05) is 0 Å². The predicted molar refractivity (Wildman–Crippen MR) is 114 cm³/mol. The Kier molecular flexibility index (Phi) is 5.30. The van der Waals surface area contributed by atoms with Crippen LogP contribution >= 0.6 is 0 Å². The van der Waals surface area contributed by atoms with E-state index in [1.54, 1.807) is 0 Å². The first-order chi connectivity index (χ1) is 13.3. The van der Waals surface area contributed by atoms with Gasteiger partial charge < -0.3 is 4.74 Å². The summed E-state index contributed by atoms with van der Waals surface area (Å²) < 4.78 is 6.13. The molecule has 2 heteroatoms. The van der Waals surface area contributed by atoms with Crippen LogP contribution in [0.5, 0.6) is 0 Å². The zero-order valence-corrected chi connectivity index (χ0v) is 18.7. The van der Waals surface area contributed by atoms with Gasteiger partial charge in [0, 0.05) is 11.3 Å². The Morgan fingerprint density at radius 3 is 2.68 bits per heavy atom. The molecule has 4 rings (SSSR count). The van der Waals surface area contributed by atoms with Gasteiger partial charge in [-0.3, -0.25) is 4.79 Å². The van der Waals surface area contributed by atoms with Crippen LogP contribution in [-0.2, 0) is 9.53 Å². The molecule has 2 nitrogen and oxygen atoms in total. The predicted octanol–water partition coefficient (Wildman–Crippen LogP) is 7.06. The van der Waals surface area contributed by atoms with Gasteiger partial charge >= 0.3 is 5.97 Å². The van der Waals surface area contributed by atoms with Crippen LogP contribution in [0.4, 0.5) is 0 Å². The minimum atomic E-state index is -0.0588. The molecular weight excluding hydrogens is 344 g/mol. The number of ether oxygens (including phenoxy) is 1. The Morgan fingerprint density at radius 2 is 1.93 bits per heavy atom.